The summed E-state index contributed by atoms with van der Waals surface area (Å²) in [5.41, 5.74) is 4.59. The third-order valence-corrected chi connectivity index (χ3v) is 9.38. The molecule has 0 unspecified atom stereocenters. The van der Waals surface area contributed by atoms with E-state index in [0.29, 0.717) is 11.1 Å². The van der Waals surface area contributed by atoms with Gasteiger partial charge in [0.05, 0.1) is 11.0 Å². The molecule has 0 aliphatic carbocycles. The van der Waals surface area contributed by atoms with Gasteiger partial charge in [0.1, 0.15) is 11.2 Å². The van der Waals surface area contributed by atoms with Crippen molar-refractivity contribution in [3.8, 4) is 44.5 Å². The summed E-state index contributed by atoms with van der Waals surface area (Å²) in [6.07, 6.45) is 0. The molecular weight excluding hydrogens is 593 g/mol. The topological polar surface area (TPSA) is 13.1 Å². The van der Waals surface area contributed by atoms with Crippen LogP contribution < -0.4 is 0 Å². The van der Waals surface area contributed by atoms with Crippen LogP contribution in [-0.2, 0) is 0 Å². The number of rotatable bonds is 4. The minimum atomic E-state index is -0.561. The van der Waals surface area contributed by atoms with E-state index in [9.17, 15) is 4.11 Å². The quantitative estimate of drug-likeness (QED) is 0.176. The first kappa shape index (κ1) is 20.7. The lowest BCUT2D eigenvalue weighted by Crippen LogP contribution is -1.92. The molecule has 0 saturated carbocycles. The maximum atomic E-state index is 9.87. The smallest absolute Gasteiger partial charge is 0.136 e. The van der Waals surface area contributed by atoms with Gasteiger partial charge >= 0.3 is 0 Å². The SMILES string of the molecule is [2H]c1c([2H])c([2H])c(-c2c([2H])c(-c3ccccc3)c([2H])c(-c3c4ccccc4c(-c4cccc5oc6cc7ccccc7cc6c45)c4ccccc34)c2[2H])c([2H])c1[2H]. The maximum absolute atomic E-state index is 9.87. The molecule has 1 aromatic heterocycles. The van der Waals surface area contributed by atoms with Crippen LogP contribution in [0.1, 0.15) is 11.0 Å². The molecule has 228 valence electrons. The van der Waals surface area contributed by atoms with Gasteiger partial charge in [-0.25, -0.2) is 0 Å². The van der Waals surface area contributed by atoms with Gasteiger partial charge < -0.3 is 4.42 Å². The Morgan fingerprint density at radius 3 is 1.65 bits per heavy atom. The summed E-state index contributed by atoms with van der Waals surface area (Å²) in [6, 6.07) is 40.0. The molecule has 10 rings (SSSR count). The first-order chi connectivity index (χ1) is 27.7. The van der Waals surface area contributed by atoms with E-state index in [4.69, 9.17) is 11.3 Å². The van der Waals surface area contributed by atoms with Crippen LogP contribution in [0.25, 0.3) is 98.8 Å². The third-order valence-electron chi connectivity index (χ3n) is 9.38. The average molecular weight is 631 g/mol. The first-order valence-electron chi connectivity index (χ1n) is 20.2. The van der Waals surface area contributed by atoms with Crippen molar-refractivity contribution in [3.05, 3.63) is 182 Å². The highest BCUT2D eigenvalue weighted by atomic mass is 16.3. The minimum Gasteiger partial charge on any atom is -0.456 e. The summed E-state index contributed by atoms with van der Waals surface area (Å²) in [7, 11) is 0. The van der Waals surface area contributed by atoms with Crippen LogP contribution in [0.15, 0.2) is 186 Å². The van der Waals surface area contributed by atoms with Crippen LogP contribution in [0.4, 0.5) is 0 Å². The van der Waals surface area contributed by atoms with Gasteiger partial charge in [-0.15, -0.1) is 0 Å². The Labute approximate surface area is 295 Å². The van der Waals surface area contributed by atoms with Crippen LogP contribution in [0.3, 0.4) is 0 Å². The zero-order chi connectivity index (χ0) is 39.3. The molecule has 49 heavy (non-hydrogen) atoms. The molecule has 0 amide bonds. The largest absolute Gasteiger partial charge is 0.456 e. The Morgan fingerprint density at radius 2 is 0.959 bits per heavy atom. The highest BCUT2D eigenvalue weighted by molar-refractivity contribution is 6.26. The lowest BCUT2D eigenvalue weighted by molar-refractivity contribution is 0.669. The summed E-state index contributed by atoms with van der Waals surface area (Å²) >= 11 is 0. The zero-order valence-corrected chi connectivity index (χ0v) is 26.1. The van der Waals surface area contributed by atoms with Crippen LogP contribution in [0.2, 0.25) is 0 Å². The fourth-order valence-electron chi connectivity index (χ4n) is 7.25. The summed E-state index contributed by atoms with van der Waals surface area (Å²) in [5, 5.41) is 7.39. The highest BCUT2D eigenvalue weighted by Crippen LogP contribution is 2.48. The van der Waals surface area contributed by atoms with E-state index in [0.717, 1.165) is 65.4 Å². The summed E-state index contributed by atoms with van der Waals surface area (Å²) in [5.74, 6) is 0. The number of fused-ring (bicyclic) bond motifs is 6. The Morgan fingerprint density at radius 1 is 0.388 bits per heavy atom. The van der Waals surface area contributed by atoms with Crippen molar-refractivity contribution >= 4 is 54.3 Å². The molecule has 0 aliphatic rings. The zero-order valence-electron chi connectivity index (χ0n) is 34.1. The second-order valence-electron chi connectivity index (χ2n) is 12.2. The minimum absolute atomic E-state index is 0.0646. The molecule has 0 aliphatic heterocycles. The van der Waals surface area contributed by atoms with E-state index >= 15 is 0 Å². The molecule has 10 aromatic rings. The van der Waals surface area contributed by atoms with E-state index < -0.39 is 30.2 Å². The predicted octanol–water partition coefficient (Wildman–Crippen LogP) is 13.7. The molecule has 0 bridgehead atoms. The van der Waals surface area contributed by atoms with Crippen LogP contribution in [0.5, 0.6) is 0 Å². The van der Waals surface area contributed by atoms with E-state index in [1.807, 2.05) is 78.9 Å². The van der Waals surface area contributed by atoms with Gasteiger partial charge in [-0.1, -0.05) is 145 Å². The van der Waals surface area contributed by atoms with Crippen molar-refractivity contribution < 1.29 is 15.4 Å². The first-order valence-corrected chi connectivity index (χ1v) is 16.2. The molecule has 9 aromatic carbocycles. The Balaban J connectivity index is 1.37. The van der Waals surface area contributed by atoms with E-state index in [-0.39, 0.29) is 40.4 Å². The normalized spacial score (nSPS) is 14.0. The standard InChI is InChI=1S/C48H30O/c1-3-14-31(15-4-1)35-26-36(32-16-5-2-6-17-32)28-37(27-35)46-38-20-9-11-22-40(38)47(41-23-12-10-21-39(41)46)42-24-13-25-44-48(42)43-29-33-18-7-8-19-34(33)30-45(43)49-44/h1-30H/i1D,3D,4D,14D,15D,26D,27D,28D. The monoisotopic (exact) mass is 630 g/mol. The lowest BCUT2D eigenvalue weighted by Gasteiger charge is -2.19. The predicted molar refractivity (Wildman–Crippen MR) is 208 cm³/mol. The summed E-state index contributed by atoms with van der Waals surface area (Å²) in [4.78, 5) is 0. The van der Waals surface area contributed by atoms with Gasteiger partial charge in [-0.3, -0.25) is 0 Å². The van der Waals surface area contributed by atoms with E-state index in [1.54, 1.807) is 24.3 Å². The molecule has 0 fully saturated rings. The van der Waals surface area contributed by atoms with Crippen molar-refractivity contribution in [1.82, 2.24) is 0 Å². The molecule has 1 heterocycles. The fourth-order valence-corrected chi connectivity index (χ4v) is 7.25. The molecular formula is C48H30O. The molecule has 0 radical (unpaired) electrons. The van der Waals surface area contributed by atoms with E-state index in [2.05, 4.69) is 30.3 Å². The molecule has 1 heteroatoms. The number of benzene rings is 9. The molecule has 0 spiro atoms. The number of furan rings is 1. The molecule has 0 atom stereocenters. The van der Waals surface area contributed by atoms with Gasteiger partial charge in [-0.05, 0) is 113 Å². The lowest BCUT2D eigenvalue weighted by atomic mass is 9.83. The van der Waals surface area contributed by atoms with Gasteiger partial charge in [0.2, 0.25) is 0 Å². The summed E-state index contributed by atoms with van der Waals surface area (Å²) < 4.78 is 78.8. The van der Waals surface area contributed by atoms with Crippen LogP contribution >= 0.6 is 0 Å². The number of hydrogen-bond acceptors (Lipinski definition) is 1. The Kier molecular flexibility index (Phi) is 4.69. The van der Waals surface area contributed by atoms with Gasteiger partial charge in [0, 0.05) is 10.8 Å². The summed E-state index contributed by atoms with van der Waals surface area (Å²) in [6.45, 7) is 0. The van der Waals surface area contributed by atoms with Crippen molar-refractivity contribution in [1.29, 1.82) is 0 Å². The van der Waals surface area contributed by atoms with Crippen LogP contribution in [0, 0.1) is 0 Å². The average Bonchev–Trinajstić information content (AvgIpc) is 3.60. The van der Waals surface area contributed by atoms with Gasteiger partial charge in [0.25, 0.3) is 0 Å². The van der Waals surface area contributed by atoms with Gasteiger partial charge in [0.15, 0.2) is 0 Å². The highest BCUT2D eigenvalue weighted by Gasteiger charge is 2.21. The van der Waals surface area contributed by atoms with Gasteiger partial charge in [-0.2, -0.15) is 0 Å². The Bertz CT molecular complexity index is 3250. The van der Waals surface area contributed by atoms with Crippen LogP contribution in [-0.4, -0.2) is 0 Å². The van der Waals surface area contributed by atoms with Crippen molar-refractivity contribution in [2.45, 2.75) is 0 Å². The Hall–Kier alpha value is -6.44. The molecule has 0 saturated heterocycles. The van der Waals surface area contributed by atoms with E-state index in [1.165, 1.54) is 0 Å². The molecule has 0 N–H and O–H groups in total. The van der Waals surface area contributed by atoms with Crippen molar-refractivity contribution in [2.24, 2.45) is 0 Å². The third kappa shape index (κ3) is 4.47. The number of hydrogen-bond donors (Lipinski definition) is 0. The second kappa shape index (κ2) is 11.1. The van der Waals surface area contributed by atoms with Crippen molar-refractivity contribution in [3.63, 3.8) is 0 Å². The maximum Gasteiger partial charge on any atom is 0.136 e. The fraction of sp³-hybridized carbons (Fsp3) is 0. The van der Waals surface area contributed by atoms with Crippen molar-refractivity contribution in [2.75, 3.05) is 0 Å². The second-order valence-corrected chi connectivity index (χ2v) is 12.2. The molecule has 1 nitrogen and oxygen atoms in total.